The van der Waals surface area contributed by atoms with Gasteiger partial charge in [-0.2, -0.15) is 0 Å². The molecule has 3 heterocycles. The highest BCUT2D eigenvalue weighted by atomic mass is 16.5. The number of carbonyl (C=O) groups is 1. The van der Waals surface area contributed by atoms with Gasteiger partial charge in [-0.3, -0.25) is 9.30 Å². The summed E-state index contributed by atoms with van der Waals surface area (Å²) in [6, 6.07) is 3.53. The van der Waals surface area contributed by atoms with Crippen molar-refractivity contribution in [2.24, 2.45) is 0 Å². The molecule has 1 fully saturated rings. The van der Waals surface area contributed by atoms with Crippen LogP contribution in [0.1, 0.15) is 23.3 Å². The number of aromatic carboxylic acids is 1. The largest absolute Gasteiger partial charge is 0.492 e. The zero-order valence-corrected chi connectivity index (χ0v) is 11.2. The van der Waals surface area contributed by atoms with Crippen LogP contribution in [0, 0.1) is 0 Å². The number of hydrogen-bond acceptors (Lipinski definition) is 4. The summed E-state index contributed by atoms with van der Waals surface area (Å²) in [4.78, 5) is 17.4. The van der Waals surface area contributed by atoms with E-state index in [9.17, 15) is 4.79 Å². The number of aromatic nitrogens is 2. The molecule has 1 aliphatic heterocycles. The molecule has 1 aliphatic rings. The van der Waals surface area contributed by atoms with Crippen LogP contribution in [0.4, 0.5) is 0 Å². The second-order valence-electron chi connectivity index (χ2n) is 4.94. The third kappa shape index (κ3) is 2.60. The Hall–Kier alpha value is -2.08. The Labute approximate surface area is 116 Å². The van der Waals surface area contributed by atoms with Crippen molar-refractivity contribution in [3.63, 3.8) is 0 Å². The lowest BCUT2D eigenvalue weighted by atomic mass is 10.4. The number of carboxylic acids is 1. The Morgan fingerprint density at radius 1 is 1.40 bits per heavy atom. The van der Waals surface area contributed by atoms with Gasteiger partial charge in [-0.25, -0.2) is 9.78 Å². The van der Waals surface area contributed by atoms with Crippen molar-refractivity contribution in [2.45, 2.75) is 12.8 Å². The molecule has 0 spiro atoms. The maximum atomic E-state index is 11.0. The Balaban J connectivity index is 1.65. The van der Waals surface area contributed by atoms with Gasteiger partial charge >= 0.3 is 5.97 Å². The molecule has 2 aromatic heterocycles. The summed E-state index contributed by atoms with van der Waals surface area (Å²) >= 11 is 0. The minimum atomic E-state index is -0.986. The summed E-state index contributed by atoms with van der Waals surface area (Å²) in [5.41, 5.74) is 0.740. The number of nitrogens with zero attached hydrogens (tertiary/aromatic N) is 3. The lowest BCUT2D eigenvalue weighted by Gasteiger charge is -2.14. The predicted molar refractivity (Wildman–Crippen MR) is 73.3 cm³/mol. The highest BCUT2D eigenvalue weighted by Gasteiger charge is 2.12. The number of hydrogen-bond donors (Lipinski definition) is 1. The summed E-state index contributed by atoms with van der Waals surface area (Å²) in [7, 11) is 0. The molecule has 0 amide bonds. The predicted octanol–water partition coefficient (Wildman–Crippen LogP) is 1.51. The molecular weight excluding hydrogens is 258 g/mol. The van der Waals surface area contributed by atoms with Crippen LogP contribution in [-0.4, -0.2) is 51.6 Å². The van der Waals surface area contributed by atoms with Gasteiger partial charge in [0.05, 0.1) is 6.20 Å². The molecule has 20 heavy (non-hydrogen) atoms. The molecule has 0 unspecified atom stereocenters. The highest BCUT2D eigenvalue weighted by Crippen LogP contribution is 2.16. The fraction of sp³-hybridized carbons (Fsp3) is 0.429. The highest BCUT2D eigenvalue weighted by molar-refractivity contribution is 5.86. The second-order valence-corrected chi connectivity index (χ2v) is 4.94. The first-order chi connectivity index (χ1) is 9.74. The van der Waals surface area contributed by atoms with Gasteiger partial charge in [0, 0.05) is 18.8 Å². The number of likely N-dealkylation sites (tertiary alicyclic amines) is 1. The number of pyridine rings is 1. The molecule has 1 N–H and O–H groups in total. The number of ether oxygens (including phenoxy) is 1. The summed E-state index contributed by atoms with van der Waals surface area (Å²) in [6.45, 7) is 3.89. The lowest BCUT2D eigenvalue weighted by Crippen LogP contribution is -2.25. The van der Waals surface area contributed by atoms with E-state index in [1.165, 1.54) is 23.4 Å². The van der Waals surface area contributed by atoms with E-state index >= 15 is 0 Å². The Morgan fingerprint density at radius 2 is 2.20 bits per heavy atom. The maximum absolute atomic E-state index is 11.0. The second kappa shape index (κ2) is 5.50. The first kappa shape index (κ1) is 12.9. The summed E-state index contributed by atoms with van der Waals surface area (Å²) in [6.07, 6.45) is 5.58. The van der Waals surface area contributed by atoms with Crippen LogP contribution >= 0.6 is 0 Å². The molecule has 3 rings (SSSR count). The minimum absolute atomic E-state index is 0.156. The molecule has 0 saturated carbocycles. The molecule has 1 saturated heterocycles. The number of carboxylic acid groups (broad SMARTS) is 1. The summed E-state index contributed by atoms with van der Waals surface area (Å²) in [5.74, 6) is -0.264. The van der Waals surface area contributed by atoms with Gasteiger partial charge in [0.15, 0.2) is 5.69 Å². The maximum Gasteiger partial charge on any atom is 0.354 e. The number of imidazole rings is 1. The monoisotopic (exact) mass is 275 g/mol. The molecule has 0 bridgehead atoms. The molecular formula is C14H17N3O3. The molecule has 0 aromatic carbocycles. The van der Waals surface area contributed by atoms with Crippen molar-refractivity contribution in [3.8, 4) is 5.75 Å². The van der Waals surface area contributed by atoms with E-state index < -0.39 is 5.97 Å². The van der Waals surface area contributed by atoms with Gasteiger partial charge in [-0.15, -0.1) is 0 Å². The van der Waals surface area contributed by atoms with Gasteiger partial charge in [-0.05, 0) is 32.0 Å². The average Bonchev–Trinajstić information content (AvgIpc) is 3.06. The molecule has 0 aliphatic carbocycles. The van der Waals surface area contributed by atoms with E-state index in [0.717, 1.165) is 25.4 Å². The van der Waals surface area contributed by atoms with Gasteiger partial charge in [0.2, 0.25) is 0 Å². The van der Waals surface area contributed by atoms with E-state index in [0.29, 0.717) is 12.3 Å². The van der Waals surface area contributed by atoms with Crippen LogP contribution in [0.5, 0.6) is 5.75 Å². The molecule has 0 radical (unpaired) electrons. The molecule has 6 nitrogen and oxygen atoms in total. The summed E-state index contributed by atoms with van der Waals surface area (Å²) < 4.78 is 7.24. The Morgan fingerprint density at radius 3 is 2.95 bits per heavy atom. The topological polar surface area (TPSA) is 67.1 Å². The van der Waals surface area contributed by atoms with Crippen LogP contribution in [0.2, 0.25) is 0 Å². The van der Waals surface area contributed by atoms with E-state index in [1.807, 2.05) is 0 Å². The van der Waals surface area contributed by atoms with Gasteiger partial charge < -0.3 is 9.84 Å². The third-order valence-electron chi connectivity index (χ3n) is 3.58. The van der Waals surface area contributed by atoms with Crippen molar-refractivity contribution in [1.82, 2.24) is 14.3 Å². The van der Waals surface area contributed by atoms with E-state index in [-0.39, 0.29) is 5.69 Å². The van der Waals surface area contributed by atoms with Gasteiger partial charge in [0.1, 0.15) is 18.0 Å². The van der Waals surface area contributed by atoms with Crippen molar-refractivity contribution in [1.29, 1.82) is 0 Å². The first-order valence-electron chi connectivity index (χ1n) is 6.79. The van der Waals surface area contributed by atoms with Crippen molar-refractivity contribution in [2.75, 3.05) is 26.2 Å². The molecule has 0 atom stereocenters. The van der Waals surface area contributed by atoms with E-state index in [1.54, 1.807) is 18.3 Å². The fourth-order valence-corrected chi connectivity index (χ4v) is 2.51. The average molecular weight is 275 g/mol. The van der Waals surface area contributed by atoms with Crippen molar-refractivity contribution >= 4 is 11.6 Å². The van der Waals surface area contributed by atoms with E-state index in [4.69, 9.17) is 9.84 Å². The molecule has 2 aromatic rings. The van der Waals surface area contributed by atoms with Crippen molar-refractivity contribution < 1.29 is 14.6 Å². The molecule has 106 valence electrons. The normalized spacial score (nSPS) is 15.8. The van der Waals surface area contributed by atoms with Crippen LogP contribution in [-0.2, 0) is 0 Å². The van der Waals surface area contributed by atoms with Crippen LogP contribution in [0.3, 0.4) is 0 Å². The summed E-state index contributed by atoms with van der Waals surface area (Å²) in [5, 5.41) is 9.01. The third-order valence-corrected chi connectivity index (χ3v) is 3.58. The SMILES string of the molecule is O=C(O)c1cnc2cc(OCCN3CCCC3)ccn12. The fourth-order valence-electron chi connectivity index (χ4n) is 2.51. The minimum Gasteiger partial charge on any atom is -0.492 e. The Bertz CT molecular complexity index is 617. The lowest BCUT2D eigenvalue weighted by molar-refractivity contribution is 0.0689. The Kier molecular flexibility index (Phi) is 3.56. The van der Waals surface area contributed by atoms with Crippen LogP contribution in [0.25, 0.3) is 5.65 Å². The zero-order valence-electron chi connectivity index (χ0n) is 11.2. The first-order valence-corrected chi connectivity index (χ1v) is 6.79. The quantitative estimate of drug-likeness (QED) is 0.896. The van der Waals surface area contributed by atoms with E-state index in [2.05, 4.69) is 9.88 Å². The van der Waals surface area contributed by atoms with Crippen molar-refractivity contribution in [3.05, 3.63) is 30.2 Å². The smallest absolute Gasteiger partial charge is 0.354 e. The standard InChI is InChI=1S/C14H17N3O3/c18-14(19)12-10-15-13-9-11(3-6-17(12)13)20-8-7-16-4-1-2-5-16/h3,6,9-10H,1-2,4-5,7-8H2,(H,18,19). The molecule has 6 heteroatoms. The van der Waals surface area contributed by atoms with Gasteiger partial charge in [-0.1, -0.05) is 0 Å². The van der Waals surface area contributed by atoms with Crippen LogP contribution < -0.4 is 4.74 Å². The van der Waals surface area contributed by atoms with Crippen LogP contribution in [0.15, 0.2) is 24.5 Å². The number of fused-ring (bicyclic) bond motifs is 1. The zero-order chi connectivity index (χ0) is 13.9. The van der Waals surface area contributed by atoms with Gasteiger partial charge in [0.25, 0.3) is 0 Å². The number of rotatable bonds is 5.